The monoisotopic (exact) mass is 314 g/mol. The number of esters is 3. The van der Waals surface area contributed by atoms with Crippen molar-refractivity contribution in [2.24, 2.45) is 0 Å². The van der Waals surface area contributed by atoms with E-state index in [2.05, 4.69) is 6.58 Å². The van der Waals surface area contributed by atoms with Gasteiger partial charge in [0, 0.05) is 20.8 Å². The maximum Gasteiger partial charge on any atom is 0.303 e. The summed E-state index contributed by atoms with van der Waals surface area (Å²) in [4.78, 5) is 33.6. The zero-order valence-electron chi connectivity index (χ0n) is 13.3. The van der Waals surface area contributed by atoms with Crippen molar-refractivity contribution in [3.05, 3.63) is 12.2 Å². The zero-order valence-corrected chi connectivity index (χ0v) is 13.3. The lowest BCUT2D eigenvalue weighted by molar-refractivity contribution is -0.165. The number of rotatable bonds is 6. The van der Waals surface area contributed by atoms with Gasteiger partial charge in [-0.2, -0.15) is 0 Å². The Morgan fingerprint density at radius 1 is 0.909 bits per heavy atom. The van der Waals surface area contributed by atoms with Crippen LogP contribution in [0.5, 0.6) is 0 Å². The van der Waals surface area contributed by atoms with Gasteiger partial charge in [0.25, 0.3) is 0 Å². The fourth-order valence-electron chi connectivity index (χ4n) is 2.31. The molecule has 0 amide bonds. The van der Waals surface area contributed by atoms with Crippen molar-refractivity contribution in [3.63, 3.8) is 0 Å². The largest absolute Gasteiger partial charge is 0.463 e. The molecule has 0 bridgehead atoms. The van der Waals surface area contributed by atoms with E-state index in [0.717, 1.165) is 5.57 Å². The van der Waals surface area contributed by atoms with E-state index in [0.29, 0.717) is 6.42 Å². The van der Waals surface area contributed by atoms with Crippen molar-refractivity contribution in [1.82, 2.24) is 0 Å². The second-order valence-corrected chi connectivity index (χ2v) is 5.32. The van der Waals surface area contributed by atoms with Gasteiger partial charge in [0.2, 0.25) is 0 Å². The Morgan fingerprint density at radius 2 is 1.41 bits per heavy atom. The molecule has 22 heavy (non-hydrogen) atoms. The van der Waals surface area contributed by atoms with Crippen LogP contribution in [0.2, 0.25) is 0 Å². The third-order valence-electron chi connectivity index (χ3n) is 3.01. The molecular formula is C15H22O7. The van der Waals surface area contributed by atoms with Crippen molar-refractivity contribution < 1.29 is 33.3 Å². The second-order valence-electron chi connectivity index (χ2n) is 5.32. The third kappa shape index (κ3) is 5.48. The van der Waals surface area contributed by atoms with Crippen LogP contribution in [0.4, 0.5) is 0 Å². The maximum absolute atomic E-state index is 11.3. The molecule has 1 aliphatic rings. The van der Waals surface area contributed by atoms with Crippen molar-refractivity contribution in [2.75, 3.05) is 6.61 Å². The second kappa shape index (κ2) is 7.93. The molecule has 1 rings (SSSR count). The maximum atomic E-state index is 11.3. The average molecular weight is 314 g/mol. The Labute approximate surface area is 129 Å². The molecule has 4 atom stereocenters. The van der Waals surface area contributed by atoms with Gasteiger partial charge >= 0.3 is 17.9 Å². The van der Waals surface area contributed by atoms with Gasteiger partial charge in [-0.05, 0) is 13.3 Å². The van der Waals surface area contributed by atoms with Crippen molar-refractivity contribution in [1.29, 1.82) is 0 Å². The minimum absolute atomic E-state index is 0.0856. The van der Waals surface area contributed by atoms with Crippen molar-refractivity contribution in [3.8, 4) is 0 Å². The lowest BCUT2D eigenvalue weighted by Crippen LogP contribution is -2.41. The van der Waals surface area contributed by atoms with Gasteiger partial charge in [-0.15, -0.1) is 6.58 Å². The third-order valence-corrected chi connectivity index (χ3v) is 3.01. The number of carbonyl (C=O) groups excluding carboxylic acids is 3. The lowest BCUT2D eigenvalue weighted by Gasteiger charge is -2.23. The summed E-state index contributed by atoms with van der Waals surface area (Å²) in [7, 11) is 0. The molecule has 0 aromatic rings. The van der Waals surface area contributed by atoms with E-state index in [-0.39, 0.29) is 6.61 Å². The summed E-state index contributed by atoms with van der Waals surface area (Å²) in [5.41, 5.74) is 0.830. The summed E-state index contributed by atoms with van der Waals surface area (Å²) >= 11 is 0. The van der Waals surface area contributed by atoms with Gasteiger partial charge in [-0.3, -0.25) is 14.4 Å². The molecule has 1 fully saturated rings. The highest BCUT2D eigenvalue weighted by Gasteiger charge is 2.49. The van der Waals surface area contributed by atoms with Gasteiger partial charge in [-0.1, -0.05) is 5.57 Å². The first-order chi connectivity index (χ1) is 10.2. The molecule has 1 heterocycles. The summed E-state index contributed by atoms with van der Waals surface area (Å²) in [6.07, 6.45) is -2.36. The SMILES string of the molecule is C=C(C)CC1O[C@H](COC(C)=O)[C@@H](OC(C)=O)[C@H]1OC(C)=O. The highest BCUT2D eigenvalue weighted by Crippen LogP contribution is 2.30. The van der Waals surface area contributed by atoms with E-state index in [1.54, 1.807) is 0 Å². The summed E-state index contributed by atoms with van der Waals surface area (Å²) in [6, 6.07) is 0. The fourth-order valence-corrected chi connectivity index (χ4v) is 2.31. The fraction of sp³-hybridized carbons (Fsp3) is 0.667. The first kappa shape index (κ1) is 18.2. The number of carbonyl (C=O) groups is 3. The Morgan fingerprint density at radius 3 is 1.82 bits per heavy atom. The molecule has 1 unspecified atom stereocenters. The topological polar surface area (TPSA) is 88.1 Å². The Bertz CT molecular complexity index is 457. The minimum atomic E-state index is -0.829. The van der Waals surface area contributed by atoms with Gasteiger partial charge < -0.3 is 18.9 Å². The van der Waals surface area contributed by atoms with Gasteiger partial charge in [0.15, 0.2) is 12.2 Å². The van der Waals surface area contributed by atoms with Gasteiger partial charge in [0.05, 0.1) is 0 Å². The molecule has 0 aromatic heterocycles. The van der Waals surface area contributed by atoms with Crippen LogP contribution in [0, 0.1) is 0 Å². The number of hydrogen-bond donors (Lipinski definition) is 0. The lowest BCUT2D eigenvalue weighted by atomic mass is 10.0. The molecule has 0 aliphatic carbocycles. The van der Waals surface area contributed by atoms with Crippen LogP contribution < -0.4 is 0 Å². The Balaban J connectivity index is 2.94. The molecule has 1 aliphatic heterocycles. The average Bonchev–Trinajstić information content (AvgIpc) is 2.63. The molecule has 0 aromatic carbocycles. The van der Waals surface area contributed by atoms with E-state index in [9.17, 15) is 14.4 Å². The summed E-state index contributed by atoms with van der Waals surface area (Å²) in [5, 5.41) is 0. The standard InChI is InChI=1S/C15H22O7/c1-8(2)6-12-14(20-10(4)17)15(21-11(5)18)13(22-12)7-19-9(3)16/h12-15H,1,6-7H2,2-5H3/t12?,13-,14+,15-/m1/s1. The first-order valence-electron chi connectivity index (χ1n) is 6.98. The molecule has 7 heteroatoms. The minimum Gasteiger partial charge on any atom is -0.463 e. The van der Waals surface area contributed by atoms with Crippen LogP contribution >= 0.6 is 0 Å². The van der Waals surface area contributed by atoms with E-state index in [1.165, 1.54) is 20.8 Å². The molecule has 0 radical (unpaired) electrons. The molecule has 7 nitrogen and oxygen atoms in total. The van der Waals surface area contributed by atoms with Gasteiger partial charge in [0.1, 0.15) is 18.8 Å². The van der Waals surface area contributed by atoms with Crippen LogP contribution in [0.3, 0.4) is 0 Å². The summed E-state index contributed by atoms with van der Waals surface area (Å²) < 4.78 is 21.2. The number of ether oxygens (including phenoxy) is 4. The Kier molecular flexibility index (Phi) is 6.55. The van der Waals surface area contributed by atoms with Crippen LogP contribution in [0.25, 0.3) is 0 Å². The summed E-state index contributed by atoms with van der Waals surface area (Å²) in [5.74, 6) is -1.52. The van der Waals surface area contributed by atoms with E-state index in [4.69, 9.17) is 18.9 Å². The normalized spacial score (nSPS) is 27.1. The van der Waals surface area contributed by atoms with Crippen LogP contribution in [0.1, 0.15) is 34.1 Å². The molecule has 0 saturated carbocycles. The van der Waals surface area contributed by atoms with Crippen molar-refractivity contribution >= 4 is 17.9 Å². The molecule has 0 N–H and O–H groups in total. The molecule has 0 spiro atoms. The number of hydrogen-bond acceptors (Lipinski definition) is 7. The summed E-state index contributed by atoms with van der Waals surface area (Å²) in [6.45, 7) is 9.32. The van der Waals surface area contributed by atoms with Crippen LogP contribution in [-0.4, -0.2) is 48.9 Å². The molecular weight excluding hydrogens is 292 g/mol. The van der Waals surface area contributed by atoms with E-state index < -0.39 is 42.3 Å². The van der Waals surface area contributed by atoms with Gasteiger partial charge in [-0.25, -0.2) is 0 Å². The first-order valence-corrected chi connectivity index (χ1v) is 6.98. The van der Waals surface area contributed by atoms with E-state index in [1.807, 2.05) is 6.92 Å². The molecule has 1 saturated heterocycles. The Hall–Kier alpha value is -1.89. The van der Waals surface area contributed by atoms with Crippen LogP contribution in [-0.2, 0) is 33.3 Å². The highest BCUT2D eigenvalue weighted by molar-refractivity contribution is 5.68. The van der Waals surface area contributed by atoms with Crippen molar-refractivity contribution in [2.45, 2.75) is 58.5 Å². The predicted octanol–water partition coefficient (Wildman–Crippen LogP) is 1.15. The predicted molar refractivity (Wildman–Crippen MR) is 75.8 cm³/mol. The smallest absolute Gasteiger partial charge is 0.303 e. The van der Waals surface area contributed by atoms with E-state index >= 15 is 0 Å². The quantitative estimate of drug-likeness (QED) is 0.413. The zero-order chi connectivity index (χ0) is 16.9. The highest BCUT2D eigenvalue weighted by atomic mass is 16.6. The van der Waals surface area contributed by atoms with Crippen LogP contribution in [0.15, 0.2) is 12.2 Å². The molecule has 124 valence electrons.